The fourth-order valence-corrected chi connectivity index (χ4v) is 6.17. The third-order valence-corrected chi connectivity index (χ3v) is 8.71. The standard InChI is InChI=1S/C25H48O7Si/c1-24(2,3)33-32-25(4,5)23-18(14-13-17(26)10-9-11-21(28)29-6)19(27)16-20(23)31-22-12-7-8-15-30-22/h17-20,22-23,26-27H,7-16,33H2,1-6H3. The highest BCUT2D eigenvalue weighted by atomic mass is 28.2. The highest BCUT2D eigenvalue weighted by Crippen LogP contribution is 2.46. The SMILES string of the molecule is COC(=O)CCCC(O)CCC1C(O)CC(OC2CCCCO2)C1C(C)(C)O[SiH2]C(C)(C)C. The summed E-state index contributed by atoms with van der Waals surface area (Å²) in [6.45, 7) is 11.6. The minimum absolute atomic E-state index is 0.0159. The Balaban J connectivity index is 2.05. The van der Waals surface area contributed by atoms with E-state index in [1.165, 1.54) is 7.11 Å². The number of rotatable bonds is 12. The Hall–Kier alpha value is -0.513. The Morgan fingerprint density at radius 1 is 1.18 bits per heavy atom. The van der Waals surface area contributed by atoms with E-state index in [9.17, 15) is 15.0 Å². The zero-order chi connectivity index (χ0) is 24.6. The van der Waals surface area contributed by atoms with E-state index in [1.807, 2.05) is 0 Å². The van der Waals surface area contributed by atoms with E-state index in [0.29, 0.717) is 38.5 Å². The summed E-state index contributed by atoms with van der Waals surface area (Å²) >= 11 is 0. The molecule has 0 aromatic heterocycles. The average molecular weight is 489 g/mol. The lowest BCUT2D eigenvalue weighted by Gasteiger charge is -2.42. The second kappa shape index (κ2) is 13.0. The molecule has 1 saturated heterocycles. The average Bonchev–Trinajstić information content (AvgIpc) is 3.06. The van der Waals surface area contributed by atoms with E-state index in [-0.39, 0.29) is 35.2 Å². The van der Waals surface area contributed by atoms with Crippen molar-refractivity contribution >= 4 is 15.7 Å². The number of carbonyl (C=O) groups is 1. The first-order valence-corrected chi connectivity index (χ1v) is 14.1. The van der Waals surface area contributed by atoms with Crippen LogP contribution in [0.3, 0.4) is 0 Å². The van der Waals surface area contributed by atoms with E-state index < -0.39 is 27.6 Å². The summed E-state index contributed by atoms with van der Waals surface area (Å²) in [4.78, 5) is 11.3. The number of ether oxygens (including phenoxy) is 3. The molecule has 0 radical (unpaired) electrons. The number of aliphatic hydroxyl groups excluding tert-OH is 2. The van der Waals surface area contributed by atoms with Crippen LogP contribution in [-0.2, 0) is 23.4 Å². The minimum Gasteiger partial charge on any atom is -0.469 e. The molecule has 2 rings (SSSR count). The van der Waals surface area contributed by atoms with Crippen molar-refractivity contribution in [2.75, 3.05) is 13.7 Å². The molecule has 194 valence electrons. The van der Waals surface area contributed by atoms with Gasteiger partial charge in [-0.1, -0.05) is 20.8 Å². The van der Waals surface area contributed by atoms with Gasteiger partial charge in [-0.05, 0) is 69.7 Å². The second-order valence-electron chi connectivity index (χ2n) is 11.6. The molecule has 6 unspecified atom stereocenters. The van der Waals surface area contributed by atoms with Gasteiger partial charge in [0.1, 0.15) is 0 Å². The van der Waals surface area contributed by atoms with E-state index in [2.05, 4.69) is 39.4 Å². The van der Waals surface area contributed by atoms with Gasteiger partial charge in [-0.3, -0.25) is 4.79 Å². The summed E-state index contributed by atoms with van der Waals surface area (Å²) in [6, 6.07) is 0. The van der Waals surface area contributed by atoms with Crippen molar-refractivity contribution in [1.29, 1.82) is 0 Å². The number of carbonyl (C=O) groups excluding carboxylic acids is 1. The van der Waals surface area contributed by atoms with E-state index in [4.69, 9.17) is 13.9 Å². The van der Waals surface area contributed by atoms with Crippen molar-refractivity contribution in [3.05, 3.63) is 0 Å². The smallest absolute Gasteiger partial charge is 0.305 e. The molecule has 1 aliphatic heterocycles. The minimum atomic E-state index is -0.794. The molecule has 8 heteroatoms. The van der Waals surface area contributed by atoms with E-state index >= 15 is 0 Å². The normalized spacial score (nSPS) is 30.1. The Morgan fingerprint density at radius 3 is 2.52 bits per heavy atom. The van der Waals surface area contributed by atoms with Crippen LogP contribution >= 0.6 is 0 Å². The van der Waals surface area contributed by atoms with Crippen molar-refractivity contribution in [1.82, 2.24) is 0 Å². The first kappa shape index (κ1) is 28.7. The number of esters is 1. The summed E-state index contributed by atoms with van der Waals surface area (Å²) < 4.78 is 23.5. The van der Waals surface area contributed by atoms with Crippen LogP contribution in [0, 0.1) is 11.8 Å². The van der Waals surface area contributed by atoms with Crippen LogP contribution in [0.2, 0.25) is 5.04 Å². The van der Waals surface area contributed by atoms with Crippen LogP contribution in [-0.4, -0.2) is 69.9 Å². The maximum absolute atomic E-state index is 11.3. The van der Waals surface area contributed by atoms with Gasteiger partial charge in [0, 0.05) is 25.4 Å². The predicted molar refractivity (Wildman–Crippen MR) is 131 cm³/mol. The van der Waals surface area contributed by atoms with Gasteiger partial charge in [-0.2, -0.15) is 0 Å². The molecule has 1 saturated carbocycles. The van der Waals surface area contributed by atoms with Gasteiger partial charge in [0.2, 0.25) is 0 Å². The molecule has 0 aromatic rings. The highest BCUT2D eigenvalue weighted by Gasteiger charge is 2.51. The number of methoxy groups -OCH3 is 1. The van der Waals surface area contributed by atoms with Gasteiger partial charge < -0.3 is 28.8 Å². The number of hydrogen-bond donors (Lipinski definition) is 2. The molecule has 6 atom stereocenters. The van der Waals surface area contributed by atoms with Gasteiger partial charge in [0.05, 0.1) is 31.0 Å². The lowest BCUT2D eigenvalue weighted by molar-refractivity contribution is -0.207. The molecule has 2 N–H and O–H groups in total. The Labute approximate surface area is 202 Å². The molecular formula is C25H48O7Si. The first-order chi connectivity index (χ1) is 15.4. The largest absolute Gasteiger partial charge is 0.469 e. The monoisotopic (exact) mass is 488 g/mol. The van der Waals surface area contributed by atoms with Crippen LogP contribution < -0.4 is 0 Å². The van der Waals surface area contributed by atoms with Crippen molar-refractivity contribution in [2.45, 2.75) is 128 Å². The van der Waals surface area contributed by atoms with Gasteiger partial charge in [0.15, 0.2) is 16.1 Å². The third-order valence-electron chi connectivity index (χ3n) is 6.95. The first-order valence-electron chi connectivity index (χ1n) is 12.8. The van der Waals surface area contributed by atoms with Crippen LogP contribution in [0.1, 0.15) is 92.4 Å². The molecule has 0 spiro atoms. The molecule has 33 heavy (non-hydrogen) atoms. The molecular weight excluding hydrogens is 440 g/mol. The van der Waals surface area contributed by atoms with Crippen molar-refractivity contribution in [3.63, 3.8) is 0 Å². The summed E-state index contributed by atoms with van der Waals surface area (Å²) in [7, 11) is 0.585. The zero-order valence-corrected chi connectivity index (χ0v) is 23.1. The molecule has 0 bridgehead atoms. The Bertz CT molecular complexity index is 586. The van der Waals surface area contributed by atoms with Crippen LogP contribution in [0.5, 0.6) is 0 Å². The summed E-state index contributed by atoms with van der Waals surface area (Å²) in [6.07, 6.45) is 5.03. The number of aliphatic hydroxyl groups is 2. The predicted octanol–water partition coefficient (Wildman–Crippen LogP) is 3.48. The molecule has 1 aliphatic carbocycles. The van der Waals surface area contributed by atoms with Crippen LogP contribution in [0.4, 0.5) is 0 Å². The molecule has 2 aliphatic rings. The zero-order valence-electron chi connectivity index (χ0n) is 21.7. The Kier molecular flexibility index (Phi) is 11.3. The Morgan fingerprint density at radius 2 is 1.91 bits per heavy atom. The molecule has 0 aromatic carbocycles. The van der Waals surface area contributed by atoms with Crippen LogP contribution in [0.25, 0.3) is 0 Å². The topological polar surface area (TPSA) is 94.5 Å². The van der Waals surface area contributed by atoms with Crippen molar-refractivity contribution in [2.24, 2.45) is 11.8 Å². The van der Waals surface area contributed by atoms with Crippen molar-refractivity contribution < 1.29 is 33.6 Å². The fourth-order valence-electron chi connectivity index (χ4n) is 5.18. The second-order valence-corrected chi connectivity index (χ2v) is 14.3. The summed E-state index contributed by atoms with van der Waals surface area (Å²) in [5.74, 6) is -0.242. The quantitative estimate of drug-likeness (QED) is 0.321. The highest BCUT2D eigenvalue weighted by molar-refractivity contribution is 6.31. The molecule has 1 heterocycles. The summed E-state index contributed by atoms with van der Waals surface area (Å²) in [5, 5.41) is 21.7. The van der Waals surface area contributed by atoms with Gasteiger partial charge in [0.25, 0.3) is 0 Å². The molecule has 7 nitrogen and oxygen atoms in total. The maximum Gasteiger partial charge on any atom is 0.305 e. The third kappa shape index (κ3) is 9.57. The van der Waals surface area contributed by atoms with E-state index in [0.717, 1.165) is 25.9 Å². The molecule has 2 fully saturated rings. The van der Waals surface area contributed by atoms with Gasteiger partial charge in [-0.15, -0.1) is 0 Å². The number of hydrogen-bond acceptors (Lipinski definition) is 7. The van der Waals surface area contributed by atoms with Gasteiger partial charge >= 0.3 is 5.97 Å². The van der Waals surface area contributed by atoms with Gasteiger partial charge in [-0.25, -0.2) is 0 Å². The van der Waals surface area contributed by atoms with E-state index in [1.54, 1.807) is 0 Å². The van der Waals surface area contributed by atoms with Crippen LogP contribution in [0.15, 0.2) is 0 Å². The fraction of sp³-hybridized carbons (Fsp3) is 0.960. The summed E-state index contributed by atoms with van der Waals surface area (Å²) in [5.41, 5.74) is -0.434. The lowest BCUT2D eigenvalue weighted by atomic mass is 9.78. The molecule has 0 amide bonds. The maximum atomic E-state index is 11.3. The van der Waals surface area contributed by atoms with Crippen molar-refractivity contribution in [3.8, 4) is 0 Å². The lowest BCUT2D eigenvalue weighted by Crippen LogP contribution is -2.46.